The van der Waals surface area contributed by atoms with Crippen LogP contribution in [0.15, 0.2) is 24.3 Å². The minimum absolute atomic E-state index is 0.157. The molecule has 104 valence electrons. The highest BCUT2D eigenvalue weighted by Crippen LogP contribution is 2.44. The van der Waals surface area contributed by atoms with Gasteiger partial charge in [-0.2, -0.15) is 0 Å². The number of nitrogens with two attached hydrogens (primary N) is 1. The van der Waals surface area contributed by atoms with Crippen LogP contribution in [-0.4, -0.2) is 5.91 Å². The number of carbonyl (C=O) groups excluding carboxylic acids is 1. The number of carbonyl (C=O) groups is 1. The van der Waals surface area contributed by atoms with Gasteiger partial charge in [-0.1, -0.05) is 26.7 Å². The highest BCUT2D eigenvalue weighted by Gasteiger charge is 2.41. The molecule has 0 heterocycles. The molecular formula is C16H24N2O. The summed E-state index contributed by atoms with van der Waals surface area (Å²) in [6.45, 7) is 4.38. The molecule has 0 spiro atoms. The van der Waals surface area contributed by atoms with Crippen LogP contribution in [0, 0.1) is 11.3 Å². The maximum atomic E-state index is 12.6. The van der Waals surface area contributed by atoms with Crippen LogP contribution in [0.1, 0.15) is 46.0 Å². The van der Waals surface area contributed by atoms with Crippen molar-refractivity contribution in [1.82, 2.24) is 0 Å². The molecule has 3 N–H and O–H groups in total. The van der Waals surface area contributed by atoms with Crippen LogP contribution in [0.4, 0.5) is 11.4 Å². The summed E-state index contributed by atoms with van der Waals surface area (Å²) in [6.07, 6.45) is 5.36. The molecule has 1 aliphatic rings. The van der Waals surface area contributed by atoms with Gasteiger partial charge < -0.3 is 11.1 Å². The summed E-state index contributed by atoms with van der Waals surface area (Å²) in [6, 6.07) is 7.37. The van der Waals surface area contributed by atoms with Crippen molar-refractivity contribution in [2.45, 2.75) is 46.0 Å². The maximum absolute atomic E-state index is 12.6. The number of hydrogen-bond acceptors (Lipinski definition) is 2. The molecule has 1 amide bonds. The lowest BCUT2D eigenvalue weighted by Gasteiger charge is -2.29. The number of anilines is 2. The third-order valence-corrected chi connectivity index (χ3v) is 4.01. The number of nitrogen functional groups attached to an aromatic ring is 1. The van der Waals surface area contributed by atoms with E-state index >= 15 is 0 Å². The van der Waals surface area contributed by atoms with E-state index in [-0.39, 0.29) is 11.3 Å². The summed E-state index contributed by atoms with van der Waals surface area (Å²) in [7, 11) is 0. The fraction of sp³-hybridized carbons (Fsp3) is 0.562. The van der Waals surface area contributed by atoms with Crippen molar-refractivity contribution in [3.8, 4) is 0 Å². The molecular weight excluding hydrogens is 236 g/mol. The Labute approximate surface area is 115 Å². The largest absolute Gasteiger partial charge is 0.399 e. The molecule has 1 saturated carbocycles. The number of rotatable bonds is 4. The van der Waals surface area contributed by atoms with Gasteiger partial charge in [-0.05, 0) is 49.4 Å². The van der Waals surface area contributed by atoms with Gasteiger partial charge in [0.1, 0.15) is 0 Å². The average molecular weight is 260 g/mol. The standard InChI is InChI=1S/C16H24N2O/c1-12(2)11-16(9-3-4-10-16)15(19)18-14-7-5-13(17)6-8-14/h5-8,12H,3-4,9-11,17H2,1-2H3,(H,18,19). The van der Waals surface area contributed by atoms with E-state index in [0.717, 1.165) is 30.6 Å². The SMILES string of the molecule is CC(C)CC1(C(=O)Nc2ccc(N)cc2)CCCC1. The summed E-state index contributed by atoms with van der Waals surface area (Å²) >= 11 is 0. The van der Waals surface area contributed by atoms with Gasteiger partial charge in [-0.15, -0.1) is 0 Å². The first kappa shape index (κ1) is 13.9. The first-order chi connectivity index (χ1) is 9.02. The van der Waals surface area contributed by atoms with Crippen LogP contribution in [0.5, 0.6) is 0 Å². The Morgan fingerprint density at radius 1 is 1.26 bits per heavy atom. The molecule has 0 atom stereocenters. The zero-order valence-electron chi connectivity index (χ0n) is 11.9. The molecule has 0 unspecified atom stereocenters. The van der Waals surface area contributed by atoms with Crippen molar-refractivity contribution in [3.63, 3.8) is 0 Å². The predicted molar refractivity (Wildman–Crippen MR) is 79.8 cm³/mol. The van der Waals surface area contributed by atoms with Gasteiger partial charge in [-0.25, -0.2) is 0 Å². The summed E-state index contributed by atoms with van der Waals surface area (Å²) in [4.78, 5) is 12.6. The van der Waals surface area contributed by atoms with Gasteiger partial charge in [0.05, 0.1) is 0 Å². The first-order valence-electron chi connectivity index (χ1n) is 7.19. The lowest BCUT2D eigenvalue weighted by Crippen LogP contribution is -2.35. The van der Waals surface area contributed by atoms with Crippen LogP contribution in [-0.2, 0) is 4.79 Å². The number of nitrogens with one attached hydrogen (secondary N) is 1. The zero-order chi connectivity index (χ0) is 13.9. The topological polar surface area (TPSA) is 55.1 Å². The lowest BCUT2D eigenvalue weighted by molar-refractivity contribution is -0.126. The Morgan fingerprint density at radius 2 is 1.84 bits per heavy atom. The van der Waals surface area contributed by atoms with E-state index in [1.54, 1.807) is 0 Å². The summed E-state index contributed by atoms with van der Waals surface area (Å²) < 4.78 is 0. The maximum Gasteiger partial charge on any atom is 0.230 e. The normalized spacial score (nSPS) is 17.6. The van der Waals surface area contributed by atoms with Gasteiger partial charge in [0.2, 0.25) is 5.91 Å². The molecule has 0 bridgehead atoms. The molecule has 0 radical (unpaired) electrons. The number of benzene rings is 1. The first-order valence-corrected chi connectivity index (χ1v) is 7.19. The summed E-state index contributed by atoms with van der Waals surface area (Å²) in [5.41, 5.74) is 7.06. The molecule has 0 saturated heterocycles. The second-order valence-corrected chi connectivity index (χ2v) is 6.16. The van der Waals surface area contributed by atoms with Crippen molar-refractivity contribution >= 4 is 17.3 Å². The van der Waals surface area contributed by atoms with Crippen LogP contribution >= 0.6 is 0 Å². The predicted octanol–water partition coefficient (Wildman–Crippen LogP) is 3.81. The second kappa shape index (κ2) is 5.64. The summed E-state index contributed by atoms with van der Waals surface area (Å²) in [5.74, 6) is 0.735. The molecule has 2 rings (SSSR count). The Bertz CT molecular complexity index is 431. The van der Waals surface area contributed by atoms with Gasteiger partial charge in [0.15, 0.2) is 0 Å². The quantitative estimate of drug-likeness (QED) is 0.809. The molecule has 1 aromatic rings. The molecule has 1 fully saturated rings. The van der Waals surface area contributed by atoms with Crippen molar-refractivity contribution < 1.29 is 4.79 Å². The van der Waals surface area contributed by atoms with E-state index in [4.69, 9.17) is 5.73 Å². The van der Waals surface area contributed by atoms with Crippen molar-refractivity contribution in [2.24, 2.45) is 11.3 Å². The molecule has 3 heteroatoms. The van der Waals surface area contributed by atoms with E-state index in [0.29, 0.717) is 5.92 Å². The second-order valence-electron chi connectivity index (χ2n) is 6.16. The Kier molecular flexibility index (Phi) is 4.13. The fourth-order valence-corrected chi connectivity index (χ4v) is 3.19. The fourth-order valence-electron chi connectivity index (χ4n) is 3.19. The van der Waals surface area contributed by atoms with Crippen molar-refractivity contribution in [3.05, 3.63) is 24.3 Å². The third-order valence-electron chi connectivity index (χ3n) is 4.01. The van der Waals surface area contributed by atoms with Gasteiger partial charge in [0, 0.05) is 16.8 Å². The van der Waals surface area contributed by atoms with Gasteiger partial charge in [0.25, 0.3) is 0 Å². The van der Waals surface area contributed by atoms with E-state index in [1.165, 1.54) is 12.8 Å². The molecule has 1 aromatic carbocycles. The third kappa shape index (κ3) is 3.28. The number of amides is 1. The van der Waals surface area contributed by atoms with Gasteiger partial charge >= 0.3 is 0 Å². The van der Waals surface area contributed by atoms with Crippen molar-refractivity contribution in [2.75, 3.05) is 11.1 Å². The molecule has 0 aromatic heterocycles. The Morgan fingerprint density at radius 3 is 2.37 bits per heavy atom. The highest BCUT2D eigenvalue weighted by molar-refractivity contribution is 5.95. The van der Waals surface area contributed by atoms with Crippen LogP contribution in [0.3, 0.4) is 0 Å². The molecule has 1 aliphatic carbocycles. The Hall–Kier alpha value is -1.51. The van der Waals surface area contributed by atoms with E-state index in [1.807, 2.05) is 24.3 Å². The van der Waals surface area contributed by atoms with Gasteiger partial charge in [-0.3, -0.25) is 4.79 Å². The van der Waals surface area contributed by atoms with Crippen molar-refractivity contribution in [1.29, 1.82) is 0 Å². The monoisotopic (exact) mass is 260 g/mol. The smallest absolute Gasteiger partial charge is 0.230 e. The summed E-state index contributed by atoms with van der Waals surface area (Å²) in [5, 5.41) is 3.06. The minimum Gasteiger partial charge on any atom is -0.399 e. The average Bonchev–Trinajstić information content (AvgIpc) is 2.81. The minimum atomic E-state index is -0.157. The molecule has 0 aliphatic heterocycles. The van der Waals surface area contributed by atoms with E-state index in [2.05, 4.69) is 19.2 Å². The Balaban J connectivity index is 2.09. The van der Waals surface area contributed by atoms with E-state index < -0.39 is 0 Å². The van der Waals surface area contributed by atoms with Crippen LogP contribution < -0.4 is 11.1 Å². The number of hydrogen-bond donors (Lipinski definition) is 2. The zero-order valence-corrected chi connectivity index (χ0v) is 11.9. The molecule has 3 nitrogen and oxygen atoms in total. The van der Waals surface area contributed by atoms with Crippen LogP contribution in [0.25, 0.3) is 0 Å². The lowest BCUT2D eigenvalue weighted by atomic mass is 9.77. The molecule has 19 heavy (non-hydrogen) atoms. The van der Waals surface area contributed by atoms with E-state index in [9.17, 15) is 4.79 Å². The van der Waals surface area contributed by atoms with Crippen LogP contribution in [0.2, 0.25) is 0 Å². The highest BCUT2D eigenvalue weighted by atomic mass is 16.2.